The van der Waals surface area contributed by atoms with Crippen LogP contribution in [0.3, 0.4) is 0 Å². The third-order valence-electron chi connectivity index (χ3n) is 2.93. The number of amides is 1. The Balaban J connectivity index is 1.73. The number of nitrogens with zero attached hydrogens (tertiary/aromatic N) is 1. The Morgan fingerprint density at radius 2 is 2.13 bits per heavy atom. The van der Waals surface area contributed by atoms with Crippen molar-refractivity contribution in [3.8, 4) is 12.3 Å². The van der Waals surface area contributed by atoms with Gasteiger partial charge in [-0.05, 0) is 31.6 Å². The largest absolute Gasteiger partial charge is 0.330 e. The van der Waals surface area contributed by atoms with Crippen molar-refractivity contribution in [3.63, 3.8) is 0 Å². The highest BCUT2D eigenvalue weighted by Crippen LogP contribution is 2.29. The molecule has 15 heavy (non-hydrogen) atoms. The summed E-state index contributed by atoms with van der Waals surface area (Å²) < 4.78 is 0. The summed E-state index contributed by atoms with van der Waals surface area (Å²) in [6.45, 7) is 1.77. The summed E-state index contributed by atoms with van der Waals surface area (Å²) in [5.74, 6) is 3.43. The minimum atomic E-state index is 0.159. The highest BCUT2D eigenvalue weighted by atomic mass is 16.2. The van der Waals surface area contributed by atoms with Crippen molar-refractivity contribution in [2.24, 2.45) is 5.92 Å². The zero-order chi connectivity index (χ0) is 10.7. The Bertz CT molecular complexity index is 274. The van der Waals surface area contributed by atoms with Crippen molar-refractivity contribution in [2.75, 3.05) is 19.6 Å². The van der Waals surface area contributed by atoms with E-state index >= 15 is 0 Å². The van der Waals surface area contributed by atoms with Crippen molar-refractivity contribution in [1.29, 1.82) is 0 Å². The Hall–Kier alpha value is -1.01. The molecule has 0 spiro atoms. The van der Waals surface area contributed by atoms with E-state index in [1.54, 1.807) is 0 Å². The second-order valence-electron chi connectivity index (χ2n) is 4.58. The third kappa shape index (κ3) is 3.56. The van der Waals surface area contributed by atoms with Gasteiger partial charge in [0.15, 0.2) is 0 Å². The topological polar surface area (TPSA) is 32.3 Å². The van der Waals surface area contributed by atoms with Gasteiger partial charge in [0.2, 0.25) is 5.91 Å². The zero-order valence-electron chi connectivity index (χ0n) is 9.04. The van der Waals surface area contributed by atoms with E-state index in [-0.39, 0.29) is 5.91 Å². The molecule has 2 rings (SSSR count). The van der Waals surface area contributed by atoms with Crippen LogP contribution < -0.4 is 5.32 Å². The fourth-order valence-electron chi connectivity index (χ4n) is 1.61. The summed E-state index contributed by atoms with van der Waals surface area (Å²) in [7, 11) is 0. The second-order valence-corrected chi connectivity index (χ2v) is 4.58. The molecule has 0 aliphatic heterocycles. The molecule has 0 aromatic rings. The number of terminal acetylenes is 1. The lowest BCUT2D eigenvalue weighted by atomic mass is 10.3. The first kappa shape index (κ1) is 10.5. The van der Waals surface area contributed by atoms with Crippen LogP contribution in [-0.2, 0) is 4.79 Å². The summed E-state index contributed by atoms with van der Waals surface area (Å²) in [5, 5.41) is 3.23. The maximum atomic E-state index is 11.8. The van der Waals surface area contributed by atoms with Gasteiger partial charge in [0, 0.05) is 12.6 Å². The predicted molar refractivity (Wildman–Crippen MR) is 59.2 cm³/mol. The molecular weight excluding hydrogens is 188 g/mol. The van der Waals surface area contributed by atoms with Crippen molar-refractivity contribution < 1.29 is 4.79 Å². The van der Waals surface area contributed by atoms with Crippen LogP contribution in [0.4, 0.5) is 0 Å². The van der Waals surface area contributed by atoms with E-state index in [0.29, 0.717) is 25.0 Å². The quantitative estimate of drug-likeness (QED) is 0.646. The first-order valence-electron chi connectivity index (χ1n) is 5.74. The van der Waals surface area contributed by atoms with Crippen LogP contribution in [-0.4, -0.2) is 36.5 Å². The highest BCUT2D eigenvalue weighted by molar-refractivity contribution is 5.78. The Morgan fingerprint density at radius 1 is 1.40 bits per heavy atom. The van der Waals surface area contributed by atoms with E-state index < -0.39 is 0 Å². The van der Waals surface area contributed by atoms with Crippen molar-refractivity contribution >= 4 is 5.91 Å². The lowest BCUT2D eigenvalue weighted by molar-refractivity contribution is -0.129. The molecule has 2 aliphatic carbocycles. The third-order valence-corrected chi connectivity index (χ3v) is 2.93. The second kappa shape index (κ2) is 4.67. The van der Waals surface area contributed by atoms with Crippen LogP contribution in [0.1, 0.15) is 25.7 Å². The van der Waals surface area contributed by atoms with Gasteiger partial charge in [-0.1, -0.05) is 5.92 Å². The van der Waals surface area contributed by atoms with Gasteiger partial charge in [0.25, 0.3) is 0 Å². The van der Waals surface area contributed by atoms with Crippen LogP contribution in [0.2, 0.25) is 0 Å². The van der Waals surface area contributed by atoms with Crippen LogP contribution in [0, 0.1) is 18.3 Å². The molecule has 0 aromatic heterocycles. The van der Waals surface area contributed by atoms with Crippen molar-refractivity contribution in [3.05, 3.63) is 0 Å². The lowest BCUT2D eigenvalue weighted by Crippen LogP contribution is -2.40. The molecular formula is C12H18N2O. The molecule has 2 aliphatic rings. The molecule has 1 amide bonds. The number of nitrogens with one attached hydrogen (secondary N) is 1. The first-order valence-corrected chi connectivity index (χ1v) is 5.74. The molecule has 3 nitrogen and oxygen atoms in total. The van der Waals surface area contributed by atoms with Gasteiger partial charge in [0.1, 0.15) is 0 Å². The SMILES string of the molecule is C#CCN(CC1CC1)C(=O)CNC1CC1. The van der Waals surface area contributed by atoms with Crippen LogP contribution in [0.15, 0.2) is 0 Å². The average Bonchev–Trinajstić information content (AvgIpc) is 3.07. The maximum Gasteiger partial charge on any atom is 0.237 e. The van der Waals surface area contributed by atoms with Gasteiger partial charge in [-0.15, -0.1) is 6.42 Å². The summed E-state index contributed by atoms with van der Waals surface area (Å²) in [4.78, 5) is 13.6. The van der Waals surface area contributed by atoms with Crippen molar-refractivity contribution in [2.45, 2.75) is 31.7 Å². The summed E-state index contributed by atoms with van der Waals surface area (Å²) in [5.41, 5.74) is 0. The fourth-order valence-corrected chi connectivity index (χ4v) is 1.61. The highest BCUT2D eigenvalue weighted by Gasteiger charge is 2.27. The van der Waals surface area contributed by atoms with E-state index in [9.17, 15) is 4.79 Å². The van der Waals surface area contributed by atoms with Gasteiger partial charge in [-0.25, -0.2) is 0 Å². The standard InChI is InChI=1S/C12H18N2O/c1-2-7-14(9-10-3-4-10)12(15)8-13-11-5-6-11/h1,10-11,13H,3-9H2. The molecule has 3 heteroatoms. The minimum absolute atomic E-state index is 0.159. The Morgan fingerprint density at radius 3 is 2.67 bits per heavy atom. The van der Waals surface area contributed by atoms with Crippen LogP contribution in [0.5, 0.6) is 0 Å². The Labute approximate surface area is 91.2 Å². The summed E-state index contributed by atoms with van der Waals surface area (Å²) in [6, 6.07) is 0.586. The van der Waals surface area contributed by atoms with Gasteiger partial charge in [-0.3, -0.25) is 4.79 Å². The molecule has 0 saturated heterocycles. The van der Waals surface area contributed by atoms with Crippen LogP contribution >= 0.6 is 0 Å². The molecule has 0 unspecified atom stereocenters. The number of hydrogen-bond acceptors (Lipinski definition) is 2. The van der Waals surface area contributed by atoms with Gasteiger partial charge < -0.3 is 10.2 Å². The number of carbonyl (C=O) groups is 1. The Kier molecular flexibility index (Phi) is 3.27. The number of rotatable bonds is 6. The molecule has 2 saturated carbocycles. The normalized spacial score (nSPS) is 19.7. The van der Waals surface area contributed by atoms with Gasteiger partial charge in [-0.2, -0.15) is 0 Å². The fraction of sp³-hybridized carbons (Fsp3) is 0.750. The first-order chi connectivity index (χ1) is 7.29. The molecule has 2 fully saturated rings. The number of carbonyl (C=O) groups excluding carboxylic acids is 1. The van der Waals surface area contributed by atoms with E-state index in [1.165, 1.54) is 25.7 Å². The van der Waals surface area contributed by atoms with Crippen LogP contribution in [0.25, 0.3) is 0 Å². The van der Waals surface area contributed by atoms with Crippen molar-refractivity contribution in [1.82, 2.24) is 10.2 Å². The average molecular weight is 206 g/mol. The molecule has 0 radical (unpaired) electrons. The monoisotopic (exact) mass is 206 g/mol. The maximum absolute atomic E-state index is 11.8. The molecule has 0 heterocycles. The smallest absolute Gasteiger partial charge is 0.237 e. The number of hydrogen-bond donors (Lipinski definition) is 1. The van der Waals surface area contributed by atoms with Gasteiger partial charge >= 0.3 is 0 Å². The van der Waals surface area contributed by atoms with E-state index in [4.69, 9.17) is 6.42 Å². The molecule has 1 N–H and O–H groups in total. The van der Waals surface area contributed by atoms with E-state index in [0.717, 1.165) is 6.54 Å². The molecule has 82 valence electrons. The molecule has 0 atom stereocenters. The zero-order valence-corrected chi connectivity index (χ0v) is 9.04. The minimum Gasteiger partial charge on any atom is -0.330 e. The summed E-state index contributed by atoms with van der Waals surface area (Å²) in [6.07, 6.45) is 10.2. The predicted octanol–water partition coefficient (Wildman–Crippen LogP) is 0.610. The molecule has 0 bridgehead atoms. The molecule has 0 aromatic carbocycles. The lowest BCUT2D eigenvalue weighted by Gasteiger charge is -2.20. The van der Waals surface area contributed by atoms with Gasteiger partial charge in [0.05, 0.1) is 13.1 Å². The van der Waals surface area contributed by atoms with E-state index in [1.807, 2.05) is 4.90 Å². The summed E-state index contributed by atoms with van der Waals surface area (Å²) >= 11 is 0. The van der Waals surface area contributed by atoms with E-state index in [2.05, 4.69) is 11.2 Å².